The molecular formula is C14H14ClN3O. The number of carbonyl (C=O) groups excluding carboxylic acids is 1. The second-order valence-electron chi connectivity index (χ2n) is 3.90. The van der Waals surface area contributed by atoms with Crippen LogP contribution in [0.5, 0.6) is 0 Å². The molecule has 0 aliphatic carbocycles. The summed E-state index contributed by atoms with van der Waals surface area (Å²) in [6.07, 6.45) is 0. The molecule has 5 heteroatoms. The minimum atomic E-state index is -0.248. The van der Waals surface area contributed by atoms with Gasteiger partial charge in [0, 0.05) is 17.3 Å². The number of nitrogens with zero attached hydrogens (tertiary/aromatic N) is 1. The van der Waals surface area contributed by atoms with E-state index in [0.29, 0.717) is 22.2 Å². The molecule has 2 N–H and O–H groups in total. The molecule has 0 unspecified atom stereocenters. The molecule has 0 fully saturated rings. The Kier molecular flexibility index (Phi) is 4.36. The molecule has 0 saturated heterocycles. The molecule has 19 heavy (non-hydrogen) atoms. The molecule has 1 aromatic carbocycles. The lowest BCUT2D eigenvalue weighted by Gasteiger charge is -2.07. The first-order valence-electron chi connectivity index (χ1n) is 5.97. The van der Waals surface area contributed by atoms with Gasteiger partial charge < -0.3 is 10.6 Å². The van der Waals surface area contributed by atoms with Gasteiger partial charge in [-0.25, -0.2) is 4.98 Å². The van der Waals surface area contributed by atoms with Gasteiger partial charge in [-0.15, -0.1) is 0 Å². The zero-order valence-corrected chi connectivity index (χ0v) is 11.2. The number of halogens is 1. The van der Waals surface area contributed by atoms with Crippen LogP contribution in [0.3, 0.4) is 0 Å². The Balaban J connectivity index is 2.11. The minimum Gasteiger partial charge on any atom is -0.370 e. The number of hydrogen-bond acceptors (Lipinski definition) is 3. The molecule has 4 nitrogen and oxygen atoms in total. The van der Waals surface area contributed by atoms with Crippen LogP contribution in [0.4, 0.5) is 11.5 Å². The van der Waals surface area contributed by atoms with Gasteiger partial charge in [0.1, 0.15) is 11.5 Å². The van der Waals surface area contributed by atoms with Gasteiger partial charge in [-0.05, 0) is 43.3 Å². The molecule has 0 bridgehead atoms. The predicted molar refractivity (Wildman–Crippen MR) is 77.8 cm³/mol. The van der Waals surface area contributed by atoms with Crippen molar-refractivity contribution in [3.63, 3.8) is 0 Å². The summed E-state index contributed by atoms with van der Waals surface area (Å²) in [7, 11) is 0. The van der Waals surface area contributed by atoms with Crippen LogP contribution in [-0.2, 0) is 0 Å². The molecular weight excluding hydrogens is 262 g/mol. The van der Waals surface area contributed by atoms with Crippen LogP contribution in [0.15, 0.2) is 42.5 Å². The maximum absolute atomic E-state index is 12.0. The van der Waals surface area contributed by atoms with Gasteiger partial charge in [-0.2, -0.15) is 0 Å². The zero-order valence-electron chi connectivity index (χ0n) is 10.5. The summed E-state index contributed by atoms with van der Waals surface area (Å²) in [4.78, 5) is 16.2. The summed E-state index contributed by atoms with van der Waals surface area (Å²) >= 11 is 5.79. The van der Waals surface area contributed by atoms with Crippen LogP contribution in [0, 0.1) is 0 Å². The monoisotopic (exact) mass is 275 g/mol. The van der Waals surface area contributed by atoms with Crippen LogP contribution in [0.2, 0.25) is 5.02 Å². The Labute approximate surface area is 116 Å². The van der Waals surface area contributed by atoms with E-state index in [-0.39, 0.29) is 5.91 Å². The van der Waals surface area contributed by atoms with E-state index in [1.807, 2.05) is 13.0 Å². The number of carbonyl (C=O) groups is 1. The van der Waals surface area contributed by atoms with Crippen molar-refractivity contribution in [2.75, 3.05) is 17.2 Å². The van der Waals surface area contributed by atoms with Crippen molar-refractivity contribution in [1.82, 2.24) is 4.98 Å². The smallest absolute Gasteiger partial charge is 0.274 e. The van der Waals surface area contributed by atoms with Crippen LogP contribution in [0.1, 0.15) is 17.4 Å². The van der Waals surface area contributed by atoms with E-state index in [0.717, 1.165) is 6.54 Å². The predicted octanol–water partition coefficient (Wildman–Crippen LogP) is 3.42. The van der Waals surface area contributed by atoms with Crippen LogP contribution in [0.25, 0.3) is 0 Å². The quantitative estimate of drug-likeness (QED) is 0.899. The Bertz CT molecular complexity index is 569. The summed E-state index contributed by atoms with van der Waals surface area (Å²) in [5, 5.41) is 6.46. The summed E-state index contributed by atoms with van der Waals surface area (Å²) in [5.41, 5.74) is 1.05. The lowest BCUT2D eigenvalue weighted by molar-refractivity contribution is 0.102. The maximum Gasteiger partial charge on any atom is 0.274 e. The lowest BCUT2D eigenvalue weighted by Crippen LogP contribution is -2.14. The summed E-state index contributed by atoms with van der Waals surface area (Å²) < 4.78 is 0. The van der Waals surface area contributed by atoms with Crippen molar-refractivity contribution in [2.45, 2.75) is 6.92 Å². The Morgan fingerprint density at radius 1 is 1.21 bits per heavy atom. The van der Waals surface area contributed by atoms with Crippen molar-refractivity contribution in [3.8, 4) is 0 Å². The van der Waals surface area contributed by atoms with Gasteiger partial charge in [0.15, 0.2) is 0 Å². The van der Waals surface area contributed by atoms with Crippen molar-refractivity contribution in [1.29, 1.82) is 0 Å². The van der Waals surface area contributed by atoms with E-state index in [9.17, 15) is 4.79 Å². The third kappa shape index (κ3) is 3.69. The van der Waals surface area contributed by atoms with E-state index < -0.39 is 0 Å². The highest BCUT2D eigenvalue weighted by Gasteiger charge is 2.08. The lowest BCUT2D eigenvalue weighted by atomic mass is 10.3. The molecule has 2 aromatic rings. The Morgan fingerprint density at radius 2 is 1.95 bits per heavy atom. The van der Waals surface area contributed by atoms with E-state index in [1.54, 1.807) is 36.4 Å². The fourth-order valence-electron chi connectivity index (χ4n) is 1.57. The minimum absolute atomic E-state index is 0.248. The zero-order chi connectivity index (χ0) is 13.7. The molecule has 0 atom stereocenters. The van der Waals surface area contributed by atoms with E-state index in [4.69, 9.17) is 11.6 Å². The van der Waals surface area contributed by atoms with Gasteiger partial charge in [-0.3, -0.25) is 4.79 Å². The number of benzene rings is 1. The SMILES string of the molecule is CCNc1cccc(C(=O)Nc2ccc(Cl)cc2)n1. The number of aromatic nitrogens is 1. The molecule has 2 rings (SSSR count). The van der Waals surface area contributed by atoms with Gasteiger partial charge >= 0.3 is 0 Å². The van der Waals surface area contributed by atoms with Crippen LogP contribution < -0.4 is 10.6 Å². The van der Waals surface area contributed by atoms with Crippen LogP contribution >= 0.6 is 11.6 Å². The first-order valence-corrected chi connectivity index (χ1v) is 6.34. The number of rotatable bonds is 4. The Hall–Kier alpha value is -2.07. The average Bonchev–Trinajstić information content (AvgIpc) is 2.42. The molecule has 0 aliphatic heterocycles. The van der Waals surface area contributed by atoms with Crippen LogP contribution in [-0.4, -0.2) is 17.4 Å². The third-order valence-electron chi connectivity index (χ3n) is 2.44. The van der Waals surface area contributed by atoms with E-state index in [1.165, 1.54) is 0 Å². The number of anilines is 2. The molecule has 1 aromatic heterocycles. The second-order valence-corrected chi connectivity index (χ2v) is 4.34. The van der Waals surface area contributed by atoms with Gasteiger partial charge in [0.25, 0.3) is 5.91 Å². The number of hydrogen-bond donors (Lipinski definition) is 2. The van der Waals surface area contributed by atoms with Crippen molar-refractivity contribution < 1.29 is 4.79 Å². The topological polar surface area (TPSA) is 54.0 Å². The summed E-state index contributed by atoms with van der Waals surface area (Å²) in [6.45, 7) is 2.73. The summed E-state index contributed by atoms with van der Waals surface area (Å²) in [6, 6.07) is 12.2. The number of pyridine rings is 1. The molecule has 1 amide bonds. The molecule has 0 radical (unpaired) electrons. The third-order valence-corrected chi connectivity index (χ3v) is 2.69. The number of nitrogens with one attached hydrogen (secondary N) is 2. The average molecular weight is 276 g/mol. The molecule has 0 saturated carbocycles. The van der Waals surface area contributed by atoms with Gasteiger partial charge in [0.05, 0.1) is 0 Å². The van der Waals surface area contributed by atoms with E-state index in [2.05, 4.69) is 15.6 Å². The standard InChI is InChI=1S/C14H14ClN3O/c1-2-16-13-5-3-4-12(18-13)14(19)17-11-8-6-10(15)7-9-11/h3-9H,2H2,1H3,(H,16,18)(H,17,19). The van der Waals surface area contributed by atoms with Gasteiger partial charge in [0.2, 0.25) is 0 Å². The van der Waals surface area contributed by atoms with E-state index >= 15 is 0 Å². The summed E-state index contributed by atoms with van der Waals surface area (Å²) in [5.74, 6) is 0.438. The van der Waals surface area contributed by atoms with Crippen molar-refractivity contribution in [3.05, 3.63) is 53.2 Å². The number of amides is 1. The molecule has 98 valence electrons. The highest BCUT2D eigenvalue weighted by molar-refractivity contribution is 6.30. The van der Waals surface area contributed by atoms with Gasteiger partial charge in [-0.1, -0.05) is 17.7 Å². The second kappa shape index (κ2) is 6.20. The van der Waals surface area contributed by atoms with Crippen molar-refractivity contribution in [2.24, 2.45) is 0 Å². The highest BCUT2D eigenvalue weighted by Crippen LogP contribution is 2.14. The fourth-order valence-corrected chi connectivity index (χ4v) is 1.70. The highest BCUT2D eigenvalue weighted by atomic mass is 35.5. The molecule has 0 aliphatic rings. The first kappa shape index (κ1) is 13.4. The molecule has 0 spiro atoms. The molecule has 1 heterocycles. The largest absolute Gasteiger partial charge is 0.370 e. The first-order chi connectivity index (χ1) is 9.19. The fraction of sp³-hybridized carbons (Fsp3) is 0.143. The van der Waals surface area contributed by atoms with Crippen molar-refractivity contribution >= 4 is 29.0 Å². The Morgan fingerprint density at radius 3 is 2.63 bits per heavy atom. The maximum atomic E-state index is 12.0. The normalized spacial score (nSPS) is 10.0.